The van der Waals surface area contributed by atoms with Crippen LogP contribution in [0.5, 0.6) is 0 Å². The Kier molecular flexibility index (Phi) is 30.8. The molecular weight excluding hydrogens is 1500 g/mol. The number of amides is 8. The van der Waals surface area contributed by atoms with Crippen LogP contribution in [0.3, 0.4) is 0 Å². The summed E-state index contributed by atoms with van der Waals surface area (Å²) in [6.45, 7) is 47.0. The van der Waals surface area contributed by atoms with Crippen molar-refractivity contribution in [1.29, 1.82) is 0 Å². The lowest BCUT2D eigenvalue weighted by atomic mass is 9.86. The van der Waals surface area contributed by atoms with Crippen molar-refractivity contribution in [3.8, 4) is 0 Å². The standard InChI is InChI=1S/C26H38N2O3.C25H35FN2O3.C23H32N2O3.C22H29FN2O3/c1-17(2)24-22-16-19-11-10-18(3)15-21(19)20(22)12-14-28(24)23(29)9-7-8-13-27-25(30)31-26(4,5)6;1-16(2)23-21-15-17-14-18(26)9-10-19(17)20(21)11-13-28(23)22(29)8-6-7-12-27-24(30)31-25(3,4)5;1-14(2)21-19-12-16-8-7-15(3)11-18(16)17(19)9-10-25(21)20(26)13-24-22(27)28-23(4,5)6;1-13(2)20-18-11-14-10-15(23)6-7-16(14)17(18)8-9-25(20)19(26)12-24-21(27)28-22(3,4)5/h10-11,15,17,24H,7-9,12-14,16H2,1-6H3,(H,27,30);9-10,14,16,23H,6-8,11-13,15H2,1-5H3,(H,27,30);7-8,11,14,21H,9-10,12-13H2,1-6H3,(H,24,27);6-7,10,13,20H,8-9,11-12H2,1-5H3,(H,24,27). The Morgan fingerprint density at radius 2 is 0.627 bits per heavy atom. The Morgan fingerprint density at radius 3 is 0.915 bits per heavy atom. The maximum absolute atomic E-state index is 13.7. The summed E-state index contributed by atoms with van der Waals surface area (Å²) in [5.41, 5.74) is 21.0. The van der Waals surface area contributed by atoms with Crippen molar-refractivity contribution in [2.24, 2.45) is 23.7 Å². The van der Waals surface area contributed by atoms with E-state index in [1.807, 2.05) is 68.4 Å². The van der Waals surface area contributed by atoms with Crippen molar-refractivity contribution < 1.29 is 66.1 Å². The molecule has 4 heterocycles. The summed E-state index contributed by atoms with van der Waals surface area (Å²) >= 11 is 0. The molecule has 8 aliphatic rings. The largest absolute Gasteiger partial charge is 0.444 e. The van der Waals surface area contributed by atoms with Gasteiger partial charge >= 0.3 is 24.4 Å². The number of unbranched alkanes of at least 4 members (excludes halogenated alkanes) is 2. The quantitative estimate of drug-likeness (QED) is 0.0538. The molecule has 644 valence electrons. The van der Waals surface area contributed by atoms with E-state index in [9.17, 15) is 47.1 Å². The monoisotopic (exact) mass is 1630 g/mol. The number of alkyl carbamates (subject to hydrolysis) is 4. The molecule has 0 aromatic heterocycles. The fourth-order valence-electron chi connectivity index (χ4n) is 18.1. The fraction of sp³-hybridized carbons (Fsp3) is 0.583. The zero-order chi connectivity index (χ0) is 86.8. The summed E-state index contributed by atoms with van der Waals surface area (Å²) in [5.74, 6) is 0.990. The van der Waals surface area contributed by atoms with Crippen LogP contribution >= 0.6 is 0 Å². The third-order valence-corrected chi connectivity index (χ3v) is 22.6. The van der Waals surface area contributed by atoms with Crippen molar-refractivity contribution >= 4 is 70.3 Å². The minimum absolute atomic E-state index is 0.0349. The molecular formula is C96H134F2N8O12. The predicted octanol–water partition coefficient (Wildman–Crippen LogP) is 18.3. The van der Waals surface area contributed by atoms with Crippen molar-refractivity contribution in [2.75, 3.05) is 52.4 Å². The second-order valence-electron chi connectivity index (χ2n) is 38.2. The Balaban J connectivity index is 0.000000180. The maximum Gasteiger partial charge on any atom is 0.408 e. The van der Waals surface area contributed by atoms with Gasteiger partial charge in [0.2, 0.25) is 23.6 Å². The number of fused-ring (bicyclic) bond motifs is 8. The van der Waals surface area contributed by atoms with Gasteiger partial charge in [-0.3, -0.25) is 19.2 Å². The van der Waals surface area contributed by atoms with Crippen LogP contribution in [0.25, 0.3) is 22.3 Å². The second-order valence-corrected chi connectivity index (χ2v) is 38.2. The summed E-state index contributed by atoms with van der Waals surface area (Å²) in [6, 6.07) is 23.7. The van der Waals surface area contributed by atoms with Gasteiger partial charge in [-0.25, -0.2) is 28.0 Å². The molecule has 4 aliphatic carbocycles. The van der Waals surface area contributed by atoms with Gasteiger partial charge in [-0.1, -0.05) is 115 Å². The number of nitrogens with zero attached hydrogens (tertiary/aromatic N) is 4. The van der Waals surface area contributed by atoms with Crippen LogP contribution in [-0.4, -0.2) is 167 Å². The summed E-state index contributed by atoms with van der Waals surface area (Å²) in [7, 11) is 0. The molecule has 4 N–H and O–H groups in total. The molecule has 22 heteroatoms. The zero-order valence-electron chi connectivity index (χ0n) is 74.5. The molecule has 12 rings (SSSR count). The molecule has 0 saturated carbocycles. The van der Waals surface area contributed by atoms with Gasteiger partial charge < -0.3 is 59.8 Å². The number of ether oxygens (including phenoxy) is 4. The molecule has 118 heavy (non-hydrogen) atoms. The van der Waals surface area contributed by atoms with E-state index in [-0.39, 0.29) is 78.4 Å². The van der Waals surface area contributed by atoms with E-state index < -0.39 is 46.8 Å². The van der Waals surface area contributed by atoms with Gasteiger partial charge in [-0.15, -0.1) is 0 Å². The number of carbonyl (C=O) groups excluding carboxylic acids is 8. The lowest BCUT2D eigenvalue weighted by Crippen LogP contribution is -2.51. The van der Waals surface area contributed by atoms with Gasteiger partial charge in [0, 0.05) is 52.1 Å². The van der Waals surface area contributed by atoms with Gasteiger partial charge in [0.1, 0.15) is 47.1 Å². The molecule has 4 aromatic rings. The molecule has 0 spiro atoms. The smallest absolute Gasteiger partial charge is 0.408 e. The van der Waals surface area contributed by atoms with Crippen molar-refractivity contribution in [2.45, 2.75) is 289 Å². The van der Waals surface area contributed by atoms with Crippen LogP contribution < -0.4 is 21.3 Å². The number of nitrogens with one attached hydrogen (secondary N) is 4. The molecule has 4 aromatic carbocycles. The van der Waals surface area contributed by atoms with E-state index in [1.54, 1.807) is 53.7 Å². The van der Waals surface area contributed by atoms with Crippen LogP contribution in [0.4, 0.5) is 28.0 Å². The molecule has 4 unspecified atom stereocenters. The molecule has 0 radical (unpaired) electrons. The van der Waals surface area contributed by atoms with Gasteiger partial charge in [-0.2, -0.15) is 0 Å². The number of halogens is 2. The number of hydrogen-bond donors (Lipinski definition) is 4. The lowest BCUT2D eigenvalue weighted by Gasteiger charge is -2.40. The predicted molar refractivity (Wildman–Crippen MR) is 462 cm³/mol. The minimum Gasteiger partial charge on any atom is -0.444 e. The van der Waals surface area contributed by atoms with Crippen LogP contribution in [0.1, 0.15) is 258 Å². The Morgan fingerprint density at radius 1 is 0.356 bits per heavy atom. The van der Waals surface area contributed by atoms with E-state index in [4.69, 9.17) is 18.9 Å². The SMILES string of the molecule is CC(C)C1C2=C(CCN1C(=O)CCCCNC(=O)OC(C)(C)C)c1ccc(F)cc1C2.CC(C)C1C2=C(CCN1C(=O)CNC(=O)OC(C)(C)C)c1ccc(F)cc1C2.Cc1ccc2c(c1)C1=C(C2)C(C(C)C)N(C(=O)CCCCNC(=O)OC(C)(C)C)CC1.Cc1ccc2c(c1)C1=C(C2)C(C(C)C)N(C(=O)CNC(=O)OC(C)(C)C)CC1. The van der Waals surface area contributed by atoms with Crippen LogP contribution in [0, 0.1) is 49.2 Å². The van der Waals surface area contributed by atoms with E-state index >= 15 is 0 Å². The first kappa shape index (κ1) is 92.5. The third kappa shape index (κ3) is 24.5. The lowest BCUT2D eigenvalue weighted by molar-refractivity contribution is -0.134. The molecule has 0 fully saturated rings. The highest BCUT2D eigenvalue weighted by atomic mass is 19.1. The fourth-order valence-corrected chi connectivity index (χ4v) is 18.1. The molecule has 20 nitrogen and oxygen atoms in total. The van der Waals surface area contributed by atoms with E-state index in [1.165, 1.54) is 90.1 Å². The first-order valence-corrected chi connectivity index (χ1v) is 43.0. The first-order valence-electron chi connectivity index (χ1n) is 43.0. The summed E-state index contributed by atoms with van der Waals surface area (Å²) in [5, 5.41) is 10.7. The molecule has 0 saturated heterocycles. The highest BCUT2D eigenvalue weighted by Crippen LogP contribution is 2.48. The minimum atomic E-state index is -0.608. The van der Waals surface area contributed by atoms with Gasteiger partial charge in [-0.05, 0) is 311 Å². The van der Waals surface area contributed by atoms with Crippen molar-refractivity contribution in [3.63, 3.8) is 0 Å². The number of rotatable bonds is 18. The molecule has 4 aliphatic heterocycles. The van der Waals surface area contributed by atoms with Crippen molar-refractivity contribution in [3.05, 3.63) is 162 Å². The molecule has 8 amide bonds. The first-order chi connectivity index (χ1) is 55.3. The normalized spacial score (nSPS) is 18.5. The topological polar surface area (TPSA) is 235 Å². The van der Waals surface area contributed by atoms with Gasteiger partial charge in [0.05, 0.1) is 24.2 Å². The number of benzene rings is 4. The van der Waals surface area contributed by atoms with E-state index in [2.05, 4.69) is 132 Å². The highest BCUT2D eigenvalue weighted by molar-refractivity contribution is 5.89. The molecule has 0 bridgehead atoms. The average Bonchev–Trinajstić information content (AvgIpc) is 1.63. The average molecular weight is 1630 g/mol. The Hall–Kier alpha value is -9.34. The van der Waals surface area contributed by atoms with Gasteiger partial charge in [0.15, 0.2) is 0 Å². The zero-order valence-corrected chi connectivity index (χ0v) is 74.5. The maximum atomic E-state index is 13.7. The number of carbonyl (C=O) groups is 8. The van der Waals surface area contributed by atoms with E-state index in [0.29, 0.717) is 76.2 Å². The Labute approximate surface area is 700 Å². The summed E-state index contributed by atoms with van der Waals surface area (Å²) in [6.07, 6.45) is 8.66. The van der Waals surface area contributed by atoms with Crippen LogP contribution in [-0.2, 0) is 63.8 Å². The van der Waals surface area contributed by atoms with Crippen LogP contribution in [0.2, 0.25) is 0 Å². The van der Waals surface area contributed by atoms with Crippen LogP contribution in [0.15, 0.2) is 95.1 Å². The van der Waals surface area contributed by atoms with Gasteiger partial charge in [0.25, 0.3) is 0 Å². The molecule has 4 atom stereocenters. The van der Waals surface area contributed by atoms with E-state index in [0.717, 1.165) is 93.0 Å². The van der Waals surface area contributed by atoms with Crippen molar-refractivity contribution in [1.82, 2.24) is 40.9 Å². The number of hydrogen-bond acceptors (Lipinski definition) is 12. The summed E-state index contributed by atoms with van der Waals surface area (Å²) < 4.78 is 48.3. The highest BCUT2D eigenvalue weighted by Gasteiger charge is 2.43. The summed E-state index contributed by atoms with van der Waals surface area (Å²) in [4.78, 5) is 107. The third-order valence-electron chi connectivity index (χ3n) is 22.6. The Bertz CT molecular complexity index is 4500. The number of aryl methyl sites for hydroxylation is 2. The second kappa shape index (κ2) is 39.2.